The molecular formula is C18H21FN2O3S2. The molecule has 1 amide bonds. The zero-order valence-corrected chi connectivity index (χ0v) is 16.4. The van der Waals surface area contributed by atoms with Crippen molar-refractivity contribution in [3.05, 3.63) is 54.3 Å². The maximum absolute atomic E-state index is 14.1. The number of sulfonamides is 1. The normalized spacial score (nSPS) is 12.5. The molecular weight excluding hydrogens is 375 g/mol. The SMILES string of the molecule is CCSc1ccccc1NC(=O)[C@@H](C)N(c1ccccc1F)S(C)(=O)=O. The zero-order chi connectivity index (χ0) is 19.3. The molecule has 2 rings (SSSR count). The largest absolute Gasteiger partial charge is 0.323 e. The lowest BCUT2D eigenvalue weighted by molar-refractivity contribution is -0.116. The minimum absolute atomic E-state index is 0.158. The summed E-state index contributed by atoms with van der Waals surface area (Å²) in [5.74, 6) is -0.421. The maximum Gasteiger partial charge on any atom is 0.248 e. The Balaban J connectivity index is 2.34. The average Bonchev–Trinajstić information content (AvgIpc) is 2.57. The lowest BCUT2D eigenvalue weighted by Crippen LogP contribution is -2.45. The summed E-state index contributed by atoms with van der Waals surface area (Å²) >= 11 is 1.56. The number of para-hydroxylation sites is 2. The first-order chi connectivity index (χ1) is 12.3. The van der Waals surface area contributed by atoms with E-state index in [1.54, 1.807) is 23.9 Å². The standard InChI is InChI=1S/C18H21FN2O3S2/c1-4-25-17-12-8-6-10-15(17)20-18(22)13(2)21(26(3,23)24)16-11-7-5-9-14(16)19/h5-13H,4H2,1-3H3,(H,20,22)/t13-/m1/s1. The molecule has 2 aromatic carbocycles. The van der Waals surface area contributed by atoms with Gasteiger partial charge in [0.1, 0.15) is 11.9 Å². The van der Waals surface area contributed by atoms with Gasteiger partial charge in [0.25, 0.3) is 0 Å². The lowest BCUT2D eigenvalue weighted by atomic mass is 10.2. The van der Waals surface area contributed by atoms with Gasteiger partial charge in [0.05, 0.1) is 17.6 Å². The molecule has 0 saturated heterocycles. The molecule has 26 heavy (non-hydrogen) atoms. The first-order valence-corrected chi connectivity index (χ1v) is 10.9. The van der Waals surface area contributed by atoms with Gasteiger partial charge in [0.15, 0.2) is 0 Å². The van der Waals surface area contributed by atoms with Gasteiger partial charge in [-0.25, -0.2) is 12.8 Å². The first-order valence-electron chi connectivity index (χ1n) is 8.02. The van der Waals surface area contributed by atoms with E-state index in [1.165, 1.54) is 25.1 Å². The van der Waals surface area contributed by atoms with Crippen molar-refractivity contribution in [1.29, 1.82) is 0 Å². The summed E-state index contributed by atoms with van der Waals surface area (Å²) in [6.07, 6.45) is 0.949. The van der Waals surface area contributed by atoms with Crippen LogP contribution in [0.4, 0.5) is 15.8 Å². The molecule has 0 radical (unpaired) electrons. The number of benzene rings is 2. The van der Waals surface area contributed by atoms with Crippen LogP contribution in [0, 0.1) is 5.82 Å². The third-order valence-corrected chi connectivity index (χ3v) is 5.81. The third kappa shape index (κ3) is 4.76. The minimum Gasteiger partial charge on any atom is -0.323 e. The minimum atomic E-state index is -3.87. The molecule has 0 aliphatic carbocycles. The molecule has 2 aromatic rings. The summed E-state index contributed by atoms with van der Waals surface area (Å²) in [5.41, 5.74) is 0.437. The van der Waals surface area contributed by atoms with Crippen LogP contribution < -0.4 is 9.62 Å². The molecule has 0 bridgehead atoms. The number of nitrogens with zero attached hydrogens (tertiary/aromatic N) is 1. The molecule has 0 unspecified atom stereocenters. The Morgan fingerprint density at radius 3 is 2.42 bits per heavy atom. The molecule has 1 atom stereocenters. The van der Waals surface area contributed by atoms with Crippen LogP contribution in [-0.4, -0.2) is 32.4 Å². The first kappa shape index (κ1) is 20.3. The van der Waals surface area contributed by atoms with Crippen LogP contribution in [-0.2, 0) is 14.8 Å². The molecule has 8 heteroatoms. The number of anilines is 2. The second-order valence-electron chi connectivity index (χ2n) is 5.60. The van der Waals surface area contributed by atoms with Gasteiger partial charge < -0.3 is 5.32 Å². The van der Waals surface area contributed by atoms with Crippen LogP contribution in [0.2, 0.25) is 0 Å². The number of thioether (sulfide) groups is 1. The van der Waals surface area contributed by atoms with Gasteiger partial charge in [-0.2, -0.15) is 0 Å². The molecule has 0 fully saturated rings. The fraction of sp³-hybridized carbons (Fsp3) is 0.278. The van der Waals surface area contributed by atoms with E-state index in [1.807, 2.05) is 19.1 Å². The number of carbonyl (C=O) groups is 1. The average molecular weight is 397 g/mol. The van der Waals surface area contributed by atoms with Crippen LogP contribution in [0.15, 0.2) is 53.4 Å². The summed E-state index contributed by atoms with van der Waals surface area (Å²) in [4.78, 5) is 13.6. The molecule has 5 nitrogen and oxygen atoms in total. The van der Waals surface area contributed by atoms with Crippen molar-refractivity contribution in [2.24, 2.45) is 0 Å². The molecule has 0 saturated carbocycles. The topological polar surface area (TPSA) is 66.5 Å². The number of rotatable bonds is 7. The summed E-state index contributed by atoms with van der Waals surface area (Å²) in [5, 5.41) is 2.75. The Labute approximate surface area is 157 Å². The smallest absolute Gasteiger partial charge is 0.248 e. The Morgan fingerprint density at radius 1 is 1.19 bits per heavy atom. The summed E-state index contributed by atoms with van der Waals surface area (Å²) in [6, 6.07) is 11.6. The second-order valence-corrected chi connectivity index (χ2v) is 8.77. The summed E-state index contributed by atoms with van der Waals surface area (Å²) in [6.45, 7) is 3.42. The van der Waals surface area contributed by atoms with E-state index in [0.29, 0.717) is 5.69 Å². The van der Waals surface area contributed by atoms with Gasteiger partial charge >= 0.3 is 0 Å². The fourth-order valence-corrected chi connectivity index (χ4v) is 4.44. The highest BCUT2D eigenvalue weighted by Crippen LogP contribution is 2.28. The Hall–Kier alpha value is -2.06. The van der Waals surface area contributed by atoms with Crippen molar-refractivity contribution in [3.63, 3.8) is 0 Å². The summed E-state index contributed by atoms with van der Waals surface area (Å²) in [7, 11) is -3.87. The third-order valence-electron chi connectivity index (χ3n) is 3.62. The van der Waals surface area contributed by atoms with Gasteiger partial charge in [-0.15, -0.1) is 11.8 Å². The second kappa shape index (κ2) is 8.55. The number of halogens is 1. The van der Waals surface area contributed by atoms with Gasteiger partial charge in [0.2, 0.25) is 15.9 Å². The van der Waals surface area contributed by atoms with Crippen molar-refractivity contribution < 1.29 is 17.6 Å². The molecule has 140 valence electrons. The molecule has 0 heterocycles. The van der Waals surface area contributed by atoms with E-state index < -0.39 is 27.8 Å². The van der Waals surface area contributed by atoms with Gasteiger partial charge in [0, 0.05) is 4.90 Å². The quantitative estimate of drug-likeness (QED) is 0.724. The Kier molecular flexibility index (Phi) is 6.66. The van der Waals surface area contributed by atoms with Crippen LogP contribution in [0.3, 0.4) is 0 Å². The van der Waals surface area contributed by atoms with E-state index in [-0.39, 0.29) is 5.69 Å². The number of carbonyl (C=O) groups excluding carboxylic acids is 1. The fourth-order valence-electron chi connectivity index (χ4n) is 2.50. The summed E-state index contributed by atoms with van der Waals surface area (Å²) < 4.78 is 39.4. The van der Waals surface area contributed by atoms with Gasteiger partial charge in [-0.3, -0.25) is 9.10 Å². The number of hydrogen-bond donors (Lipinski definition) is 1. The Bertz CT molecular complexity index is 888. The van der Waals surface area contributed by atoms with Crippen LogP contribution >= 0.6 is 11.8 Å². The van der Waals surface area contributed by atoms with E-state index >= 15 is 0 Å². The van der Waals surface area contributed by atoms with Gasteiger partial charge in [-0.1, -0.05) is 31.2 Å². The van der Waals surface area contributed by atoms with Crippen LogP contribution in [0.1, 0.15) is 13.8 Å². The van der Waals surface area contributed by atoms with Crippen molar-refractivity contribution in [3.8, 4) is 0 Å². The predicted octanol–water partition coefficient (Wildman–Crippen LogP) is 3.73. The maximum atomic E-state index is 14.1. The molecule has 1 N–H and O–H groups in total. The number of nitrogens with one attached hydrogen (secondary N) is 1. The zero-order valence-electron chi connectivity index (χ0n) is 14.8. The van der Waals surface area contributed by atoms with Crippen molar-refractivity contribution >= 4 is 39.1 Å². The van der Waals surface area contributed by atoms with E-state index in [4.69, 9.17) is 0 Å². The molecule has 0 spiro atoms. The highest BCUT2D eigenvalue weighted by atomic mass is 32.2. The van der Waals surface area contributed by atoms with E-state index in [2.05, 4.69) is 5.32 Å². The molecule has 0 aliphatic rings. The molecule has 0 aromatic heterocycles. The monoisotopic (exact) mass is 396 g/mol. The molecule has 0 aliphatic heterocycles. The van der Waals surface area contributed by atoms with Crippen molar-refractivity contribution in [2.75, 3.05) is 21.6 Å². The van der Waals surface area contributed by atoms with Crippen molar-refractivity contribution in [2.45, 2.75) is 24.8 Å². The predicted molar refractivity (Wildman–Crippen MR) is 105 cm³/mol. The highest BCUT2D eigenvalue weighted by molar-refractivity contribution is 7.99. The Morgan fingerprint density at radius 2 is 1.81 bits per heavy atom. The van der Waals surface area contributed by atoms with E-state index in [9.17, 15) is 17.6 Å². The number of hydrogen-bond acceptors (Lipinski definition) is 4. The highest BCUT2D eigenvalue weighted by Gasteiger charge is 2.31. The van der Waals surface area contributed by atoms with Crippen LogP contribution in [0.25, 0.3) is 0 Å². The number of amides is 1. The van der Waals surface area contributed by atoms with Crippen molar-refractivity contribution in [1.82, 2.24) is 0 Å². The van der Waals surface area contributed by atoms with Crippen LogP contribution in [0.5, 0.6) is 0 Å². The lowest BCUT2D eigenvalue weighted by Gasteiger charge is -2.28. The van der Waals surface area contributed by atoms with Gasteiger partial charge in [-0.05, 0) is 36.9 Å². The van der Waals surface area contributed by atoms with E-state index in [0.717, 1.165) is 27.3 Å².